The lowest BCUT2D eigenvalue weighted by Gasteiger charge is -2.12. The first kappa shape index (κ1) is 25.1. The van der Waals surface area contributed by atoms with Gasteiger partial charge in [0.1, 0.15) is 5.82 Å². The molecule has 0 fully saturated rings. The number of Topliss-reactive ketones (excluding diaryl/α,β-unsaturated/α-hetero) is 1. The molecular weight excluding hydrogens is 463 g/mol. The molecule has 1 N–H and O–H groups in total. The van der Waals surface area contributed by atoms with E-state index in [4.69, 9.17) is 9.47 Å². The number of anilines is 1. The molecule has 0 radical (unpaired) electrons. The first-order valence-corrected chi connectivity index (χ1v) is 11.9. The first-order chi connectivity index (χ1) is 16.1. The molecule has 10 heteroatoms. The van der Waals surface area contributed by atoms with Crippen LogP contribution < -0.4 is 4.72 Å². The smallest absolute Gasteiger partial charge is 0.340 e. The number of rotatable bonds is 10. The van der Waals surface area contributed by atoms with E-state index in [0.29, 0.717) is 18.7 Å². The van der Waals surface area contributed by atoms with Crippen molar-refractivity contribution in [2.24, 2.45) is 0 Å². The number of benzene rings is 2. The number of nitrogens with one attached hydrogen (secondary N) is 1. The molecule has 180 valence electrons. The number of esters is 1. The maximum Gasteiger partial charge on any atom is 0.340 e. The van der Waals surface area contributed by atoms with Gasteiger partial charge in [0.15, 0.2) is 6.61 Å². The van der Waals surface area contributed by atoms with Crippen LogP contribution in [0.1, 0.15) is 32.1 Å². The molecule has 0 bridgehead atoms. The van der Waals surface area contributed by atoms with Crippen molar-refractivity contribution >= 4 is 27.5 Å². The van der Waals surface area contributed by atoms with Crippen molar-refractivity contribution in [3.8, 4) is 0 Å². The number of hydrogen-bond acceptors (Lipinski definition) is 6. The number of halogens is 1. The number of nitrogens with zero attached hydrogens (tertiary/aromatic N) is 1. The average molecular weight is 489 g/mol. The van der Waals surface area contributed by atoms with Crippen LogP contribution in [0.3, 0.4) is 0 Å². The third-order valence-electron chi connectivity index (χ3n) is 5.24. The van der Waals surface area contributed by atoms with Gasteiger partial charge in [-0.05, 0) is 56.3 Å². The van der Waals surface area contributed by atoms with Gasteiger partial charge < -0.3 is 14.0 Å². The number of ketones is 1. The quantitative estimate of drug-likeness (QED) is 0.345. The number of ether oxygens (including phenoxy) is 2. The summed E-state index contributed by atoms with van der Waals surface area (Å²) >= 11 is 0. The van der Waals surface area contributed by atoms with Crippen LogP contribution in [0.5, 0.6) is 0 Å². The number of aromatic nitrogens is 1. The summed E-state index contributed by atoms with van der Waals surface area (Å²) in [5.41, 5.74) is 1.97. The van der Waals surface area contributed by atoms with Crippen molar-refractivity contribution in [3.05, 3.63) is 82.9 Å². The molecule has 34 heavy (non-hydrogen) atoms. The van der Waals surface area contributed by atoms with Crippen molar-refractivity contribution in [1.82, 2.24) is 4.57 Å². The highest BCUT2D eigenvalue weighted by atomic mass is 32.2. The fourth-order valence-electron chi connectivity index (χ4n) is 3.46. The molecule has 0 unspecified atom stereocenters. The SMILES string of the molecule is COCCn1c(C)cc(C(=O)COC(=O)c2ccccc2NS(=O)(=O)c2ccc(F)cc2)c1C. The van der Waals surface area contributed by atoms with E-state index in [0.717, 1.165) is 35.7 Å². The molecule has 3 aromatic rings. The predicted octanol–water partition coefficient (Wildman–Crippen LogP) is 3.73. The molecule has 1 aromatic heterocycles. The normalized spacial score (nSPS) is 11.3. The Morgan fingerprint density at radius 1 is 1.03 bits per heavy atom. The van der Waals surface area contributed by atoms with E-state index in [1.165, 1.54) is 18.2 Å². The van der Waals surface area contributed by atoms with Crippen LogP contribution in [-0.2, 0) is 26.0 Å². The summed E-state index contributed by atoms with van der Waals surface area (Å²) in [4.78, 5) is 25.2. The molecule has 0 saturated carbocycles. The lowest BCUT2D eigenvalue weighted by atomic mass is 10.1. The monoisotopic (exact) mass is 488 g/mol. The van der Waals surface area contributed by atoms with E-state index in [9.17, 15) is 22.4 Å². The Labute approximate surface area is 197 Å². The highest BCUT2D eigenvalue weighted by molar-refractivity contribution is 7.92. The molecule has 3 rings (SSSR count). The average Bonchev–Trinajstić information content (AvgIpc) is 3.09. The van der Waals surface area contributed by atoms with Crippen LogP contribution >= 0.6 is 0 Å². The van der Waals surface area contributed by atoms with Crippen molar-refractivity contribution in [2.75, 3.05) is 25.0 Å². The summed E-state index contributed by atoms with van der Waals surface area (Å²) in [6, 6.07) is 11.8. The molecule has 0 amide bonds. The van der Waals surface area contributed by atoms with E-state index in [2.05, 4.69) is 4.72 Å². The predicted molar refractivity (Wildman–Crippen MR) is 124 cm³/mol. The Bertz CT molecular complexity index is 1300. The number of para-hydroxylation sites is 1. The molecule has 0 aliphatic rings. The third-order valence-corrected chi connectivity index (χ3v) is 6.62. The lowest BCUT2D eigenvalue weighted by molar-refractivity contribution is 0.0475. The zero-order valence-corrected chi connectivity index (χ0v) is 19.8. The molecule has 0 aliphatic carbocycles. The second kappa shape index (κ2) is 10.6. The highest BCUT2D eigenvalue weighted by Crippen LogP contribution is 2.22. The van der Waals surface area contributed by atoms with E-state index >= 15 is 0 Å². The Kier molecular flexibility index (Phi) is 7.85. The summed E-state index contributed by atoms with van der Waals surface area (Å²) in [5.74, 6) is -1.82. The second-order valence-corrected chi connectivity index (χ2v) is 9.22. The summed E-state index contributed by atoms with van der Waals surface area (Å²) in [5, 5.41) is 0. The minimum Gasteiger partial charge on any atom is -0.454 e. The zero-order valence-electron chi connectivity index (χ0n) is 19.0. The maximum atomic E-state index is 13.1. The van der Waals surface area contributed by atoms with Crippen molar-refractivity contribution in [3.63, 3.8) is 0 Å². The van der Waals surface area contributed by atoms with Gasteiger partial charge in [0.25, 0.3) is 10.0 Å². The van der Waals surface area contributed by atoms with Gasteiger partial charge in [-0.1, -0.05) is 12.1 Å². The second-order valence-electron chi connectivity index (χ2n) is 7.53. The summed E-state index contributed by atoms with van der Waals surface area (Å²) < 4.78 is 53.0. The maximum absolute atomic E-state index is 13.1. The van der Waals surface area contributed by atoms with Crippen molar-refractivity contribution in [1.29, 1.82) is 0 Å². The molecule has 0 atom stereocenters. The van der Waals surface area contributed by atoms with E-state index in [-0.39, 0.29) is 21.9 Å². The molecular formula is C24H25FN2O6S. The third kappa shape index (κ3) is 5.70. The number of carbonyl (C=O) groups excluding carboxylic acids is 2. The van der Waals surface area contributed by atoms with Gasteiger partial charge >= 0.3 is 5.97 Å². The van der Waals surface area contributed by atoms with Gasteiger partial charge in [-0.3, -0.25) is 9.52 Å². The molecule has 0 aliphatic heterocycles. The van der Waals surface area contributed by atoms with Crippen LogP contribution in [0.2, 0.25) is 0 Å². The van der Waals surface area contributed by atoms with Crippen LogP contribution in [0.25, 0.3) is 0 Å². The molecule has 1 heterocycles. The van der Waals surface area contributed by atoms with Crippen LogP contribution in [0.15, 0.2) is 59.5 Å². The van der Waals surface area contributed by atoms with Crippen LogP contribution in [0.4, 0.5) is 10.1 Å². The Morgan fingerprint density at radius 3 is 2.38 bits per heavy atom. The Morgan fingerprint density at radius 2 is 1.71 bits per heavy atom. The standard InChI is InChI=1S/C24H25FN2O6S/c1-16-14-21(17(2)27(16)12-13-32-3)23(28)15-33-24(29)20-6-4-5-7-22(20)26-34(30,31)19-10-8-18(25)9-11-19/h4-11,14,26H,12-13,15H2,1-3H3. The molecule has 0 saturated heterocycles. The number of carbonyl (C=O) groups is 2. The first-order valence-electron chi connectivity index (χ1n) is 10.4. The van der Waals surface area contributed by atoms with Gasteiger partial charge in [-0.25, -0.2) is 17.6 Å². The van der Waals surface area contributed by atoms with Crippen molar-refractivity contribution in [2.45, 2.75) is 25.3 Å². The van der Waals surface area contributed by atoms with Gasteiger partial charge in [0, 0.05) is 30.6 Å². The molecule has 8 nitrogen and oxygen atoms in total. The number of sulfonamides is 1. The minimum atomic E-state index is -4.08. The topological polar surface area (TPSA) is 104 Å². The fourth-order valence-corrected chi connectivity index (χ4v) is 4.54. The zero-order chi connectivity index (χ0) is 24.9. The number of methoxy groups -OCH3 is 1. The van der Waals surface area contributed by atoms with Gasteiger partial charge in [-0.15, -0.1) is 0 Å². The number of aryl methyl sites for hydroxylation is 1. The van der Waals surface area contributed by atoms with Crippen LogP contribution in [0, 0.1) is 19.7 Å². The van der Waals surface area contributed by atoms with E-state index < -0.39 is 28.4 Å². The minimum absolute atomic E-state index is 0.0259. The number of hydrogen-bond donors (Lipinski definition) is 1. The largest absolute Gasteiger partial charge is 0.454 e. The molecule has 0 spiro atoms. The van der Waals surface area contributed by atoms with Gasteiger partial charge in [-0.2, -0.15) is 0 Å². The Balaban J connectivity index is 1.73. The van der Waals surface area contributed by atoms with E-state index in [1.54, 1.807) is 26.2 Å². The van der Waals surface area contributed by atoms with E-state index in [1.807, 2.05) is 11.5 Å². The van der Waals surface area contributed by atoms with Gasteiger partial charge in [0.2, 0.25) is 5.78 Å². The highest BCUT2D eigenvalue weighted by Gasteiger charge is 2.21. The summed E-state index contributed by atoms with van der Waals surface area (Å²) in [6.07, 6.45) is 0. The molecule has 2 aromatic carbocycles. The van der Waals surface area contributed by atoms with Crippen LogP contribution in [-0.4, -0.2) is 45.1 Å². The van der Waals surface area contributed by atoms with Gasteiger partial charge in [0.05, 0.1) is 22.8 Å². The lowest BCUT2D eigenvalue weighted by Crippen LogP contribution is -2.19. The fraction of sp³-hybridized carbons (Fsp3) is 0.250. The van der Waals surface area contributed by atoms with Crippen molar-refractivity contribution < 1.29 is 31.9 Å². The summed E-state index contributed by atoms with van der Waals surface area (Å²) in [6.45, 7) is 4.24. The summed E-state index contributed by atoms with van der Waals surface area (Å²) in [7, 11) is -2.49. The Hall–Kier alpha value is -3.50.